The molecule has 1 amide bonds. The number of phenols is 1. The lowest BCUT2D eigenvalue weighted by molar-refractivity contribution is 0.0993. The first kappa shape index (κ1) is 12.6. The van der Waals surface area contributed by atoms with E-state index in [9.17, 15) is 9.90 Å². The quantitative estimate of drug-likeness (QED) is 0.923. The molecule has 0 aromatic heterocycles. The van der Waals surface area contributed by atoms with Gasteiger partial charge in [0.05, 0.1) is 0 Å². The van der Waals surface area contributed by atoms with Gasteiger partial charge in [0.1, 0.15) is 5.75 Å². The van der Waals surface area contributed by atoms with Gasteiger partial charge in [0.15, 0.2) is 0 Å². The van der Waals surface area contributed by atoms with Gasteiger partial charge in [-0.25, -0.2) is 0 Å². The monoisotopic (exact) mass is 305 g/mol. The first-order valence-electron chi connectivity index (χ1n) is 5.40. The van der Waals surface area contributed by atoms with Crippen LogP contribution in [0.15, 0.2) is 53.0 Å². The highest BCUT2D eigenvalue weighted by atomic mass is 79.9. The topological polar surface area (TPSA) is 40.5 Å². The number of phenolic OH excluding ortho intramolecular Hbond substituents is 1. The summed E-state index contributed by atoms with van der Waals surface area (Å²) in [5.74, 6) is 0.0169. The number of aromatic hydroxyl groups is 1. The summed E-state index contributed by atoms with van der Waals surface area (Å²) >= 11 is 3.34. The molecular weight excluding hydrogens is 294 g/mol. The number of hydrogen-bond donors (Lipinski definition) is 1. The third-order valence-corrected chi connectivity index (χ3v) is 3.09. The first-order chi connectivity index (χ1) is 8.58. The molecule has 1 N–H and O–H groups in total. The standard InChI is InChI=1S/C14H12BrNO2/c1-16(12-6-3-7-13(17)9-12)14(18)10-4-2-5-11(15)8-10/h2-9,17H,1H3. The van der Waals surface area contributed by atoms with E-state index in [0.29, 0.717) is 11.3 Å². The number of nitrogens with zero attached hydrogens (tertiary/aromatic N) is 1. The summed E-state index contributed by atoms with van der Waals surface area (Å²) in [5, 5.41) is 9.41. The predicted octanol–water partition coefficient (Wildman–Crippen LogP) is 3.43. The van der Waals surface area contributed by atoms with Crippen molar-refractivity contribution < 1.29 is 9.90 Å². The minimum atomic E-state index is -0.123. The molecule has 3 nitrogen and oxygen atoms in total. The largest absolute Gasteiger partial charge is 0.508 e. The Morgan fingerprint density at radius 3 is 2.56 bits per heavy atom. The molecule has 0 aliphatic rings. The van der Waals surface area contributed by atoms with E-state index in [1.165, 1.54) is 4.90 Å². The molecule has 0 atom stereocenters. The average Bonchev–Trinajstić information content (AvgIpc) is 2.37. The number of carbonyl (C=O) groups excluding carboxylic acids is 1. The maximum absolute atomic E-state index is 12.2. The van der Waals surface area contributed by atoms with Crippen LogP contribution in [0.1, 0.15) is 10.4 Å². The Morgan fingerprint density at radius 2 is 1.89 bits per heavy atom. The number of hydrogen-bond acceptors (Lipinski definition) is 2. The molecule has 18 heavy (non-hydrogen) atoms. The van der Waals surface area contributed by atoms with Crippen molar-refractivity contribution in [2.75, 3.05) is 11.9 Å². The highest BCUT2D eigenvalue weighted by Gasteiger charge is 2.13. The van der Waals surface area contributed by atoms with E-state index < -0.39 is 0 Å². The molecule has 0 aliphatic heterocycles. The van der Waals surface area contributed by atoms with E-state index in [0.717, 1.165) is 4.47 Å². The van der Waals surface area contributed by atoms with Crippen molar-refractivity contribution in [3.05, 3.63) is 58.6 Å². The number of anilines is 1. The Hall–Kier alpha value is -1.81. The second kappa shape index (κ2) is 5.23. The second-order valence-corrected chi connectivity index (χ2v) is 4.81. The third kappa shape index (κ3) is 2.71. The van der Waals surface area contributed by atoms with Gasteiger partial charge >= 0.3 is 0 Å². The lowest BCUT2D eigenvalue weighted by atomic mass is 10.2. The fourth-order valence-corrected chi connectivity index (χ4v) is 2.03. The van der Waals surface area contributed by atoms with Crippen LogP contribution in [0.5, 0.6) is 5.75 Å². The fraction of sp³-hybridized carbons (Fsp3) is 0.0714. The van der Waals surface area contributed by atoms with Crippen molar-refractivity contribution in [1.82, 2.24) is 0 Å². The van der Waals surface area contributed by atoms with Crippen LogP contribution in [0.3, 0.4) is 0 Å². The van der Waals surface area contributed by atoms with Gasteiger partial charge in [0, 0.05) is 28.8 Å². The summed E-state index contributed by atoms with van der Waals surface area (Å²) in [6, 6.07) is 13.8. The molecule has 0 spiro atoms. The summed E-state index contributed by atoms with van der Waals surface area (Å²) < 4.78 is 0.859. The zero-order chi connectivity index (χ0) is 13.1. The van der Waals surface area contributed by atoms with Crippen LogP contribution in [0.2, 0.25) is 0 Å². The maximum atomic E-state index is 12.2. The van der Waals surface area contributed by atoms with Gasteiger partial charge in [-0.05, 0) is 30.3 Å². The van der Waals surface area contributed by atoms with Crippen LogP contribution in [0, 0.1) is 0 Å². The smallest absolute Gasteiger partial charge is 0.258 e. The van der Waals surface area contributed by atoms with Crippen LogP contribution in [0.25, 0.3) is 0 Å². The van der Waals surface area contributed by atoms with E-state index in [2.05, 4.69) is 15.9 Å². The number of amides is 1. The van der Waals surface area contributed by atoms with E-state index >= 15 is 0 Å². The van der Waals surface area contributed by atoms with E-state index in [4.69, 9.17) is 0 Å². The van der Waals surface area contributed by atoms with Crippen LogP contribution in [-0.4, -0.2) is 18.1 Å². The Morgan fingerprint density at radius 1 is 1.17 bits per heavy atom. The molecule has 2 aromatic carbocycles. The maximum Gasteiger partial charge on any atom is 0.258 e. The van der Waals surface area contributed by atoms with Gasteiger partial charge in [-0.2, -0.15) is 0 Å². The van der Waals surface area contributed by atoms with Gasteiger partial charge in [0.25, 0.3) is 5.91 Å². The first-order valence-corrected chi connectivity index (χ1v) is 6.20. The number of halogens is 1. The second-order valence-electron chi connectivity index (χ2n) is 3.89. The summed E-state index contributed by atoms with van der Waals surface area (Å²) in [7, 11) is 1.68. The molecule has 4 heteroatoms. The highest BCUT2D eigenvalue weighted by Crippen LogP contribution is 2.21. The molecule has 0 radical (unpaired) electrons. The lowest BCUT2D eigenvalue weighted by Gasteiger charge is -2.17. The Labute approximate surface area is 114 Å². The number of rotatable bonds is 2. The van der Waals surface area contributed by atoms with Crippen molar-refractivity contribution >= 4 is 27.5 Å². The summed E-state index contributed by atoms with van der Waals surface area (Å²) in [6.07, 6.45) is 0. The van der Waals surface area contributed by atoms with Gasteiger partial charge in [-0.1, -0.05) is 28.1 Å². The minimum Gasteiger partial charge on any atom is -0.508 e. The summed E-state index contributed by atoms with van der Waals surface area (Å²) in [6.45, 7) is 0. The van der Waals surface area contributed by atoms with Crippen molar-refractivity contribution in [3.63, 3.8) is 0 Å². The normalized spacial score (nSPS) is 10.1. The number of benzene rings is 2. The molecule has 2 rings (SSSR count). The van der Waals surface area contributed by atoms with E-state index in [1.807, 2.05) is 12.1 Å². The van der Waals surface area contributed by atoms with Gasteiger partial charge in [0.2, 0.25) is 0 Å². The van der Waals surface area contributed by atoms with Gasteiger partial charge in [-0.15, -0.1) is 0 Å². The molecular formula is C14H12BrNO2. The lowest BCUT2D eigenvalue weighted by Crippen LogP contribution is -2.26. The third-order valence-electron chi connectivity index (χ3n) is 2.59. The van der Waals surface area contributed by atoms with Crippen molar-refractivity contribution in [1.29, 1.82) is 0 Å². The van der Waals surface area contributed by atoms with Gasteiger partial charge < -0.3 is 10.0 Å². The molecule has 0 fully saturated rings. The Bertz CT molecular complexity index is 584. The van der Waals surface area contributed by atoms with E-state index in [1.54, 1.807) is 43.4 Å². The summed E-state index contributed by atoms with van der Waals surface area (Å²) in [5.41, 5.74) is 1.25. The average molecular weight is 306 g/mol. The highest BCUT2D eigenvalue weighted by molar-refractivity contribution is 9.10. The van der Waals surface area contributed by atoms with Crippen LogP contribution >= 0.6 is 15.9 Å². The zero-order valence-electron chi connectivity index (χ0n) is 9.80. The number of carbonyl (C=O) groups is 1. The molecule has 0 aliphatic carbocycles. The fourth-order valence-electron chi connectivity index (χ4n) is 1.63. The van der Waals surface area contributed by atoms with Gasteiger partial charge in [-0.3, -0.25) is 4.79 Å². The van der Waals surface area contributed by atoms with Crippen molar-refractivity contribution in [3.8, 4) is 5.75 Å². The van der Waals surface area contributed by atoms with Crippen molar-refractivity contribution in [2.24, 2.45) is 0 Å². The van der Waals surface area contributed by atoms with Crippen LogP contribution in [0.4, 0.5) is 5.69 Å². The molecule has 0 saturated carbocycles. The molecule has 0 heterocycles. The molecule has 0 saturated heterocycles. The van der Waals surface area contributed by atoms with Crippen LogP contribution in [-0.2, 0) is 0 Å². The summed E-state index contributed by atoms with van der Waals surface area (Å²) in [4.78, 5) is 13.7. The van der Waals surface area contributed by atoms with Crippen LogP contribution < -0.4 is 4.90 Å². The molecule has 2 aromatic rings. The predicted molar refractivity (Wildman–Crippen MR) is 75.0 cm³/mol. The molecule has 0 bridgehead atoms. The van der Waals surface area contributed by atoms with Crippen molar-refractivity contribution in [2.45, 2.75) is 0 Å². The Balaban J connectivity index is 2.29. The minimum absolute atomic E-state index is 0.123. The SMILES string of the molecule is CN(C(=O)c1cccc(Br)c1)c1cccc(O)c1. The molecule has 0 unspecified atom stereocenters. The molecule has 92 valence electrons. The Kier molecular flexibility index (Phi) is 3.67. The van der Waals surface area contributed by atoms with E-state index in [-0.39, 0.29) is 11.7 Å². The zero-order valence-corrected chi connectivity index (χ0v) is 11.4.